The van der Waals surface area contributed by atoms with Crippen molar-refractivity contribution >= 4 is 23.1 Å². The molecule has 5 nitrogen and oxygen atoms in total. The monoisotopic (exact) mass is 588 g/mol. The van der Waals surface area contributed by atoms with Crippen LogP contribution < -0.4 is 4.74 Å². The van der Waals surface area contributed by atoms with E-state index in [2.05, 4.69) is 41.5 Å². The third-order valence-corrected chi connectivity index (χ3v) is 7.97. The summed E-state index contributed by atoms with van der Waals surface area (Å²) in [4.78, 5) is 57.3. The molecule has 5 heteroatoms. The second-order valence-electron chi connectivity index (χ2n) is 13.2. The molecule has 0 amide bonds. The molecule has 0 saturated carbocycles. The van der Waals surface area contributed by atoms with Crippen LogP contribution in [0.25, 0.3) is 0 Å². The van der Waals surface area contributed by atoms with Gasteiger partial charge in [0.25, 0.3) is 0 Å². The molecule has 4 rings (SSSR count). The highest BCUT2D eigenvalue weighted by Gasteiger charge is 2.44. The first-order chi connectivity index (χ1) is 20.7. The Balaban J connectivity index is 1.89. The van der Waals surface area contributed by atoms with Gasteiger partial charge in [0.05, 0.1) is 7.11 Å². The van der Waals surface area contributed by atoms with Gasteiger partial charge in [0.1, 0.15) is 17.6 Å². The lowest BCUT2D eigenvalue weighted by Crippen LogP contribution is -2.41. The molecule has 4 aromatic rings. The van der Waals surface area contributed by atoms with Crippen LogP contribution in [0.1, 0.15) is 94.1 Å². The lowest BCUT2D eigenvalue weighted by molar-refractivity contribution is 0.0625. The summed E-state index contributed by atoms with van der Waals surface area (Å²) in [5, 5.41) is 0. The van der Waals surface area contributed by atoms with Crippen molar-refractivity contribution in [2.45, 2.75) is 52.4 Å². The topological polar surface area (TPSA) is 77.5 Å². The molecule has 0 spiro atoms. The number of carbonyl (C=O) groups excluding carboxylic acids is 4. The summed E-state index contributed by atoms with van der Waals surface area (Å²) in [6.07, 6.45) is 0. The maximum absolute atomic E-state index is 14.4. The van der Waals surface area contributed by atoms with Gasteiger partial charge in [-0.15, -0.1) is 0 Å². The number of Topliss-reactive ketones (excluding diaryl/α,β-unsaturated/α-hetero) is 4. The van der Waals surface area contributed by atoms with E-state index in [0.717, 1.165) is 11.1 Å². The molecule has 0 bridgehead atoms. The van der Waals surface area contributed by atoms with Crippen LogP contribution in [0.4, 0.5) is 0 Å². The first-order valence-electron chi connectivity index (χ1n) is 14.8. The van der Waals surface area contributed by atoms with E-state index in [0.29, 0.717) is 5.75 Å². The average molecular weight is 589 g/mol. The first kappa shape index (κ1) is 32.3. The number of benzene rings is 4. The largest absolute Gasteiger partial charge is 0.497 e. The third-order valence-electron chi connectivity index (χ3n) is 7.97. The standard InChI is InChI=1S/C39H40O5/c1-38(2,3)29-19-13-26(14-20-29)35(41)32(34(40)25-11-9-8-10-12-25)33(37(43)28-17-23-31(44-7)24-18-28)36(42)27-15-21-30(22-16-27)39(4,5)6/h8-24,32-33H,1-7H3. The maximum Gasteiger partial charge on any atom is 0.174 e. The Morgan fingerprint density at radius 3 is 1.05 bits per heavy atom. The summed E-state index contributed by atoms with van der Waals surface area (Å²) in [6, 6.07) is 28.8. The molecule has 0 radical (unpaired) electrons. The first-order valence-corrected chi connectivity index (χ1v) is 14.8. The van der Waals surface area contributed by atoms with E-state index in [1.807, 2.05) is 24.3 Å². The van der Waals surface area contributed by atoms with Crippen molar-refractivity contribution in [1.29, 1.82) is 0 Å². The summed E-state index contributed by atoms with van der Waals surface area (Å²) in [5.41, 5.74) is 2.70. The molecule has 0 aromatic heterocycles. The van der Waals surface area contributed by atoms with Crippen LogP contribution >= 0.6 is 0 Å². The van der Waals surface area contributed by atoms with Crippen molar-refractivity contribution in [2.24, 2.45) is 11.8 Å². The van der Waals surface area contributed by atoms with Gasteiger partial charge < -0.3 is 4.74 Å². The fourth-order valence-corrected chi connectivity index (χ4v) is 5.19. The van der Waals surface area contributed by atoms with E-state index in [9.17, 15) is 19.2 Å². The number of ketones is 4. The highest BCUT2D eigenvalue weighted by molar-refractivity contribution is 6.26. The van der Waals surface area contributed by atoms with Gasteiger partial charge >= 0.3 is 0 Å². The smallest absolute Gasteiger partial charge is 0.174 e. The summed E-state index contributed by atoms with van der Waals surface area (Å²) in [5.74, 6) is -4.98. The minimum absolute atomic E-state index is 0.150. The van der Waals surface area contributed by atoms with Crippen LogP contribution in [0.5, 0.6) is 5.75 Å². The molecule has 0 aliphatic carbocycles. The Bertz CT molecular complexity index is 1630. The lowest BCUT2D eigenvalue weighted by atomic mass is 9.73. The predicted molar refractivity (Wildman–Crippen MR) is 174 cm³/mol. The minimum Gasteiger partial charge on any atom is -0.497 e. The maximum atomic E-state index is 14.4. The van der Waals surface area contributed by atoms with Crippen molar-refractivity contribution in [1.82, 2.24) is 0 Å². The van der Waals surface area contributed by atoms with Gasteiger partial charge in [-0.05, 0) is 46.2 Å². The van der Waals surface area contributed by atoms with Crippen LogP contribution in [-0.2, 0) is 10.8 Å². The minimum atomic E-state index is -1.59. The van der Waals surface area contributed by atoms with Crippen LogP contribution in [0.2, 0.25) is 0 Å². The van der Waals surface area contributed by atoms with Gasteiger partial charge in [0.2, 0.25) is 0 Å². The van der Waals surface area contributed by atoms with Crippen LogP contribution in [0, 0.1) is 11.8 Å². The summed E-state index contributed by atoms with van der Waals surface area (Å²) < 4.78 is 5.25. The predicted octanol–water partition coefficient (Wildman–Crippen LogP) is 8.35. The molecule has 0 saturated heterocycles. The number of carbonyl (C=O) groups is 4. The number of hydrogen-bond donors (Lipinski definition) is 0. The number of rotatable bonds is 10. The molecule has 2 unspecified atom stereocenters. The van der Waals surface area contributed by atoms with Crippen molar-refractivity contribution in [2.75, 3.05) is 7.11 Å². The van der Waals surface area contributed by atoms with Gasteiger partial charge in [-0.1, -0.05) is 120 Å². The number of methoxy groups -OCH3 is 1. The van der Waals surface area contributed by atoms with Crippen molar-refractivity contribution in [3.63, 3.8) is 0 Å². The van der Waals surface area contributed by atoms with Gasteiger partial charge in [-0.3, -0.25) is 19.2 Å². The normalized spacial score (nSPS) is 13.1. The van der Waals surface area contributed by atoms with E-state index in [1.54, 1.807) is 78.9 Å². The van der Waals surface area contributed by atoms with E-state index in [1.165, 1.54) is 7.11 Å². The molecule has 44 heavy (non-hydrogen) atoms. The lowest BCUT2D eigenvalue weighted by Gasteiger charge is -2.25. The molecule has 0 N–H and O–H groups in total. The Kier molecular flexibility index (Phi) is 9.48. The number of hydrogen-bond acceptors (Lipinski definition) is 5. The molecule has 226 valence electrons. The molecule has 0 heterocycles. The van der Waals surface area contributed by atoms with E-state index in [4.69, 9.17) is 4.74 Å². The van der Waals surface area contributed by atoms with Gasteiger partial charge in [-0.2, -0.15) is 0 Å². The highest BCUT2D eigenvalue weighted by Crippen LogP contribution is 2.32. The number of ether oxygens (including phenoxy) is 1. The van der Waals surface area contributed by atoms with Crippen LogP contribution in [0.15, 0.2) is 103 Å². The molecular formula is C39H40O5. The van der Waals surface area contributed by atoms with E-state index in [-0.39, 0.29) is 33.1 Å². The molecule has 0 fully saturated rings. The van der Waals surface area contributed by atoms with E-state index >= 15 is 0 Å². The highest BCUT2D eigenvalue weighted by atomic mass is 16.5. The second kappa shape index (κ2) is 12.9. The van der Waals surface area contributed by atoms with Crippen molar-refractivity contribution in [3.8, 4) is 5.75 Å². The Morgan fingerprint density at radius 1 is 0.455 bits per heavy atom. The molecule has 0 aliphatic rings. The zero-order valence-corrected chi connectivity index (χ0v) is 26.5. The summed E-state index contributed by atoms with van der Waals surface area (Å²) >= 11 is 0. The van der Waals surface area contributed by atoms with Gasteiger partial charge in [0.15, 0.2) is 23.1 Å². The Hall–Kier alpha value is -4.64. The average Bonchev–Trinajstić information content (AvgIpc) is 3.02. The molecule has 4 aromatic carbocycles. The fraction of sp³-hybridized carbons (Fsp3) is 0.282. The van der Waals surface area contributed by atoms with Gasteiger partial charge in [0, 0.05) is 22.3 Å². The molecule has 2 atom stereocenters. The Labute approximate surface area is 260 Å². The van der Waals surface area contributed by atoms with Crippen molar-refractivity contribution < 1.29 is 23.9 Å². The quantitative estimate of drug-likeness (QED) is 0.137. The third kappa shape index (κ3) is 7.11. The van der Waals surface area contributed by atoms with Gasteiger partial charge in [-0.25, -0.2) is 0 Å². The zero-order chi connectivity index (χ0) is 32.2. The van der Waals surface area contributed by atoms with E-state index < -0.39 is 35.0 Å². The Morgan fingerprint density at radius 2 is 0.750 bits per heavy atom. The SMILES string of the molecule is COc1ccc(C(=O)C(C(=O)c2ccc(C(C)(C)C)cc2)C(C(=O)c2ccccc2)C(=O)c2ccc(C(C)(C)C)cc2)cc1. The van der Waals surface area contributed by atoms with Crippen LogP contribution in [0.3, 0.4) is 0 Å². The van der Waals surface area contributed by atoms with Crippen LogP contribution in [-0.4, -0.2) is 30.2 Å². The second-order valence-corrected chi connectivity index (χ2v) is 13.2. The molecular weight excluding hydrogens is 548 g/mol. The summed E-state index contributed by atoms with van der Waals surface area (Å²) in [7, 11) is 1.52. The zero-order valence-electron chi connectivity index (χ0n) is 26.5. The summed E-state index contributed by atoms with van der Waals surface area (Å²) in [6.45, 7) is 12.4. The fourth-order valence-electron chi connectivity index (χ4n) is 5.19. The van der Waals surface area contributed by atoms with Crippen molar-refractivity contribution in [3.05, 3.63) is 137 Å². The molecule has 0 aliphatic heterocycles.